The molecule has 0 radical (unpaired) electrons. The number of fused-ring (bicyclic) bond motifs is 1. The van der Waals surface area contributed by atoms with Gasteiger partial charge in [-0.25, -0.2) is 15.0 Å². The Morgan fingerprint density at radius 2 is 1.81 bits per heavy atom. The fourth-order valence-corrected chi connectivity index (χ4v) is 3.92. The van der Waals surface area contributed by atoms with Crippen LogP contribution < -0.4 is 5.73 Å². The minimum atomic E-state index is 0.320. The molecule has 0 saturated carbocycles. The van der Waals surface area contributed by atoms with Crippen LogP contribution in [0.3, 0.4) is 0 Å². The zero-order chi connectivity index (χ0) is 19.1. The van der Waals surface area contributed by atoms with E-state index in [2.05, 4.69) is 56.8 Å². The average molecular weight is 386 g/mol. The summed E-state index contributed by atoms with van der Waals surface area (Å²) in [6, 6.07) is 11.0. The molecule has 0 saturated heterocycles. The van der Waals surface area contributed by atoms with Crippen molar-refractivity contribution in [3.8, 4) is 0 Å². The molecule has 3 rings (SSSR count). The van der Waals surface area contributed by atoms with Crippen molar-refractivity contribution in [1.29, 1.82) is 0 Å². The molecule has 0 aliphatic heterocycles. The van der Waals surface area contributed by atoms with Gasteiger partial charge in [0.1, 0.15) is 11.8 Å². The summed E-state index contributed by atoms with van der Waals surface area (Å²) >= 11 is 5.81. The maximum absolute atomic E-state index is 5.98. The van der Waals surface area contributed by atoms with Crippen molar-refractivity contribution in [2.24, 2.45) is 5.92 Å². The lowest BCUT2D eigenvalue weighted by Gasteiger charge is -2.26. The first kappa shape index (κ1) is 19.6. The maximum Gasteiger partial charge on any atom is 0.165 e. The molecule has 6 heteroatoms. The fraction of sp³-hybridized carbons (Fsp3) is 0.476. The molecule has 0 bridgehead atoms. The van der Waals surface area contributed by atoms with E-state index < -0.39 is 0 Å². The van der Waals surface area contributed by atoms with Crippen LogP contribution in [0.2, 0.25) is 0 Å². The number of imidazole rings is 1. The number of benzene rings is 1. The first-order valence-electron chi connectivity index (χ1n) is 9.73. The summed E-state index contributed by atoms with van der Waals surface area (Å²) in [5, 5.41) is 0. The van der Waals surface area contributed by atoms with Gasteiger partial charge in [-0.2, -0.15) is 0 Å². The van der Waals surface area contributed by atoms with Crippen LogP contribution in [0.15, 0.2) is 43.0 Å². The van der Waals surface area contributed by atoms with Gasteiger partial charge in [-0.15, -0.1) is 11.6 Å². The number of hydrogen-bond donors (Lipinski definition) is 1. The first-order valence-corrected chi connectivity index (χ1v) is 10.3. The lowest BCUT2D eigenvalue weighted by atomic mass is 9.90. The number of anilines is 1. The van der Waals surface area contributed by atoms with Gasteiger partial charge in [0.15, 0.2) is 11.5 Å². The molecule has 2 N–H and O–H groups in total. The molecule has 0 aliphatic rings. The first-order chi connectivity index (χ1) is 13.2. The molecular weight excluding hydrogens is 358 g/mol. The van der Waals surface area contributed by atoms with Crippen LogP contribution in [0.4, 0.5) is 5.82 Å². The number of halogens is 1. The number of nitrogens with zero attached hydrogens (tertiary/aromatic N) is 4. The Labute approximate surface area is 166 Å². The molecule has 144 valence electrons. The largest absolute Gasteiger partial charge is 0.382 e. The number of nitrogens with two attached hydrogens (primary N) is 1. The number of rotatable bonds is 10. The van der Waals surface area contributed by atoms with Gasteiger partial charge >= 0.3 is 0 Å². The summed E-state index contributed by atoms with van der Waals surface area (Å²) in [7, 11) is 0. The van der Waals surface area contributed by atoms with E-state index in [1.807, 2.05) is 6.33 Å². The molecule has 0 fully saturated rings. The van der Waals surface area contributed by atoms with Crippen molar-refractivity contribution >= 4 is 28.6 Å². The van der Waals surface area contributed by atoms with Crippen molar-refractivity contribution in [3.05, 3.63) is 48.5 Å². The second-order valence-electron chi connectivity index (χ2n) is 7.21. The molecule has 3 aromatic rings. The molecule has 2 aromatic heterocycles. The van der Waals surface area contributed by atoms with Gasteiger partial charge in [-0.3, -0.25) is 0 Å². The second kappa shape index (κ2) is 9.70. The lowest BCUT2D eigenvalue weighted by Crippen LogP contribution is -2.19. The van der Waals surface area contributed by atoms with Crippen LogP contribution >= 0.6 is 11.6 Å². The lowest BCUT2D eigenvalue weighted by molar-refractivity contribution is 0.324. The number of alkyl halides is 1. The topological polar surface area (TPSA) is 69.6 Å². The minimum Gasteiger partial charge on any atom is -0.382 e. The summed E-state index contributed by atoms with van der Waals surface area (Å²) in [5.41, 5.74) is 8.86. The molecule has 2 unspecified atom stereocenters. The van der Waals surface area contributed by atoms with Crippen LogP contribution in [-0.4, -0.2) is 25.4 Å². The van der Waals surface area contributed by atoms with Crippen molar-refractivity contribution in [1.82, 2.24) is 19.5 Å². The zero-order valence-corrected chi connectivity index (χ0v) is 16.6. The maximum atomic E-state index is 5.98. The normalized spacial score (nSPS) is 13.7. The molecule has 27 heavy (non-hydrogen) atoms. The average Bonchev–Trinajstić information content (AvgIpc) is 3.10. The van der Waals surface area contributed by atoms with Gasteiger partial charge in [0.2, 0.25) is 0 Å². The Morgan fingerprint density at radius 3 is 2.59 bits per heavy atom. The van der Waals surface area contributed by atoms with Crippen LogP contribution in [-0.2, 0) is 6.42 Å². The molecular formula is C21H28ClN5. The van der Waals surface area contributed by atoms with Gasteiger partial charge in [0.25, 0.3) is 0 Å². The number of nitrogen functional groups attached to an aromatic ring is 1. The van der Waals surface area contributed by atoms with Crippen molar-refractivity contribution < 1.29 is 0 Å². The van der Waals surface area contributed by atoms with E-state index in [0.717, 1.165) is 30.8 Å². The van der Waals surface area contributed by atoms with Gasteiger partial charge in [0, 0.05) is 11.9 Å². The van der Waals surface area contributed by atoms with Crippen LogP contribution in [0, 0.1) is 5.92 Å². The third-order valence-corrected chi connectivity index (χ3v) is 5.45. The number of aromatic nitrogens is 4. The van der Waals surface area contributed by atoms with E-state index in [-0.39, 0.29) is 0 Å². The predicted molar refractivity (Wildman–Crippen MR) is 112 cm³/mol. The van der Waals surface area contributed by atoms with Crippen LogP contribution in [0.25, 0.3) is 11.2 Å². The van der Waals surface area contributed by atoms with Gasteiger partial charge in [-0.1, -0.05) is 56.5 Å². The van der Waals surface area contributed by atoms with E-state index in [4.69, 9.17) is 17.3 Å². The standard InChI is InChI=1S/C21H28ClN5/c1-16(13-17-9-5-4-6-10-17)18(11-7-2-3-8-12-22)27-15-26-19-20(23)24-14-25-21(19)27/h4-6,9-10,14-16,18H,2-3,7-8,11-13H2,1H3,(H2,23,24,25). The molecule has 2 heterocycles. The smallest absolute Gasteiger partial charge is 0.165 e. The molecule has 0 amide bonds. The van der Waals surface area contributed by atoms with Gasteiger partial charge in [-0.05, 0) is 30.7 Å². The van der Waals surface area contributed by atoms with E-state index in [1.165, 1.54) is 31.2 Å². The van der Waals surface area contributed by atoms with E-state index in [0.29, 0.717) is 23.3 Å². The highest BCUT2D eigenvalue weighted by Gasteiger charge is 2.22. The predicted octanol–water partition coefficient (Wildman–Crippen LogP) is 5.02. The third-order valence-electron chi connectivity index (χ3n) is 5.19. The molecule has 2 atom stereocenters. The van der Waals surface area contributed by atoms with Crippen LogP contribution in [0.5, 0.6) is 0 Å². The van der Waals surface area contributed by atoms with E-state index in [9.17, 15) is 0 Å². The quantitative estimate of drug-likeness (QED) is 0.393. The monoisotopic (exact) mass is 385 g/mol. The van der Waals surface area contributed by atoms with Crippen LogP contribution in [0.1, 0.15) is 50.6 Å². The molecule has 0 aliphatic carbocycles. The highest BCUT2D eigenvalue weighted by Crippen LogP contribution is 2.31. The highest BCUT2D eigenvalue weighted by atomic mass is 35.5. The summed E-state index contributed by atoms with van der Waals surface area (Å²) in [5.74, 6) is 1.64. The third kappa shape index (κ3) is 4.98. The zero-order valence-electron chi connectivity index (χ0n) is 15.9. The van der Waals surface area contributed by atoms with Crippen molar-refractivity contribution in [2.45, 2.75) is 51.5 Å². The molecule has 0 spiro atoms. The summed E-state index contributed by atoms with van der Waals surface area (Å²) in [6.45, 7) is 2.31. The van der Waals surface area contributed by atoms with Gasteiger partial charge < -0.3 is 10.3 Å². The molecule has 5 nitrogen and oxygen atoms in total. The fourth-order valence-electron chi connectivity index (χ4n) is 3.73. The minimum absolute atomic E-state index is 0.320. The SMILES string of the molecule is CC(Cc1ccccc1)C(CCCCCCCl)n1cnc2c(N)ncnc21. The van der Waals surface area contributed by atoms with Crippen molar-refractivity contribution in [3.63, 3.8) is 0 Å². The van der Waals surface area contributed by atoms with E-state index >= 15 is 0 Å². The number of hydrogen-bond acceptors (Lipinski definition) is 4. The highest BCUT2D eigenvalue weighted by molar-refractivity contribution is 6.17. The number of unbranched alkanes of at least 4 members (excludes halogenated alkanes) is 3. The summed E-state index contributed by atoms with van der Waals surface area (Å²) < 4.78 is 2.20. The van der Waals surface area contributed by atoms with Crippen molar-refractivity contribution in [2.75, 3.05) is 11.6 Å². The van der Waals surface area contributed by atoms with E-state index in [1.54, 1.807) is 0 Å². The Bertz CT molecular complexity index is 833. The summed E-state index contributed by atoms with van der Waals surface area (Å²) in [4.78, 5) is 13.0. The Hall–Kier alpha value is -2.14. The summed E-state index contributed by atoms with van der Waals surface area (Å²) in [6.07, 6.45) is 10.1. The Morgan fingerprint density at radius 1 is 1.04 bits per heavy atom. The van der Waals surface area contributed by atoms with Gasteiger partial charge in [0.05, 0.1) is 6.33 Å². The second-order valence-corrected chi connectivity index (χ2v) is 7.59. The Balaban J connectivity index is 1.81. The Kier molecular flexibility index (Phi) is 7.04. The molecule has 1 aromatic carbocycles.